The van der Waals surface area contributed by atoms with E-state index >= 15 is 4.39 Å². The smallest absolute Gasteiger partial charge is 0.327 e. The largest absolute Gasteiger partial charge is 0.465 e. The number of esters is 1. The second kappa shape index (κ2) is 10.6. The number of anilines is 1. The molecule has 0 fully saturated rings. The zero-order valence-electron chi connectivity index (χ0n) is 18.0. The number of rotatable bonds is 9. The van der Waals surface area contributed by atoms with Gasteiger partial charge in [0.2, 0.25) is 0 Å². The molecule has 34 heavy (non-hydrogen) atoms. The van der Waals surface area contributed by atoms with Crippen LogP contribution in [-0.4, -0.2) is 44.6 Å². The van der Waals surface area contributed by atoms with Gasteiger partial charge in [-0.15, -0.1) is 0 Å². The maximum absolute atomic E-state index is 15.6. The lowest BCUT2D eigenvalue weighted by atomic mass is 10.1. The normalized spacial score (nSPS) is 11.5. The molecule has 0 amide bonds. The molecule has 0 aliphatic carbocycles. The van der Waals surface area contributed by atoms with E-state index in [2.05, 4.69) is 21.0 Å². The van der Waals surface area contributed by atoms with Gasteiger partial charge in [-0.1, -0.05) is 6.07 Å². The maximum Gasteiger partial charge on any atom is 0.327 e. The second-order valence-electron chi connectivity index (χ2n) is 6.81. The number of carbonyl (C=O) groups is 1. The van der Waals surface area contributed by atoms with Gasteiger partial charge in [-0.05, 0) is 53.2 Å². The Balaban J connectivity index is 2.08. The van der Waals surface area contributed by atoms with E-state index in [1.165, 1.54) is 30.1 Å². The molecule has 1 heterocycles. The van der Waals surface area contributed by atoms with Crippen molar-refractivity contribution in [2.45, 2.75) is 18.4 Å². The van der Waals surface area contributed by atoms with Crippen LogP contribution in [0.4, 0.5) is 18.9 Å². The number of benzene rings is 2. The first kappa shape index (κ1) is 25.7. The number of aromatic nitrogens is 2. The van der Waals surface area contributed by atoms with Crippen LogP contribution in [0.1, 0.15) is 6.92 Å². The van der Waals surface area contributed by atoms with Gasteiger partial charge in [0.15, 0.2) is 5.82 Å². The summed E-state index contributed by atoms with van der Waals surface area (Å²) in [5.74, 6) is -3.75. The molecule has 3 aromatic rings. The first-order valence-corrected chi connectivity index (χ1v) is 12.0. The van der Waals surface area contributed by atoms with Crippen molar-refractivity contribution in [2.24, 2.45) is 0 Å². The Hall–Kier alpha value is -2.90. The molecule has 0 radical (unpaired) electrons. The molecular weight excluding hydrogens is 543 g/mol. The van der Waals surface area contributed by atoms with Gasteiger partial charge in [0.25, 0.3) is 10.0 Å². The maximum atomic E-state index is 15.6. The fourth-order valence-corrected chi connectivity index (χ4v) is 5.06. The number of ether oxygens (including phenoxy) is 2. The van der Waals surface area contributed by atoms with Crippen LogP contribution in [0.25, 0.3) is 11.3 Å². The fraction of sp³-hybridized carbons (Fsp3) is 0.238. The molecule has 0 N–H and O–H groups in total. The summed E-state index contributed by atoms with van der Waals surface area (Å²) in [6.07, 6.45) is 1.43. The van der Waals surface area contributed by atoms with Gasteiger partial charge >= 0.3 is 5.97 Å². The fourth-order valence-electron chi connectivity index (χ4n) is 3.07. The lowest BCUT2D eigenvalue weighted by Gasteiger charge is -2.24. The third-order valence-electron chi connectivity index (χ3n) is 4.52. The van der Waals surface area contributed by atoms with Gasteiger partial charge in [0.1, 0.15) is 35.5 Å². The van der Waals surface area contributed by atoms with Crippen molar-refractivity contribution in [3.05, 3.63) is 64.5 Å². The SMILES string of the molecule is CCOC(=O)Cn1cc(Br)c(-c2cccc(N(COC)S(=O)(=O)c3cc(F)ccc3F)c2F)n1. The van der Waals surface area contributed by atoms with E-state index in [4.69, 9.17) is 9.47 Å². The van der Waals surface area contributed by atoms with E-state index < -0.39 is 50.8 Å². The monoisotopic (exact) mass is 561 g/mol. The molecule has 3 rings (SSSR count). The molecule has 0 saturated carbocycles. The molecule has 0 spiro atoms. The molecule has 1 aromatic heterocycles. The lowest BCUT2D eigenvalue weighted by Crippen LogP contribution is -2.34. The van der Waals surface area contributed by atoms with Crippen LogP contribution in [0.15, 0.2) is 52.0 Å². The van der Waals surface area contributed by atoms with E-state index in [0.29, 0.717) is 20.9 Å². The Bertz CT molecular complexity index is 1320. The number of nitrogens with zero attached hydrogens (tertiary/aromatic N) is 3. The van der Waals surface area contributed by atoms with Crippen LogP contribution in [-0.2, 0) is 30.8 Å². The van der Waals surface area contributed by atoms with Crippen molar-refractivity contribution in [1.29, 1.82) is 0 Å². The number of sulfonamides is 1. The van der Waals surface area contributed by atoms with E-state index in [9.17, 15) is 22.0 Å². The molecule has 0 saturated heterocycles. The Labute approximate surface area is 202 Å². The summed E-state index contributed by atoms with van der Waals surface area (Å²) in [4.78, 5) is 10.8. The molecule has 8 nitrogen and oxygen atoms in total. The highest BCUT2D eigenvalue weighted by molar-refractivity contribution is 9.10. The first-order valence-electron chi connectivity index (χ1n) is 9.74. The zero-order chi connectivity index (χ0) is 25.0. The minimum absolute atomic E-state index is 0.0790. The minimum atomic E-state index is -4.76. The van der Waals surface area contributed by atoms with Gasteiger partial charge in [-0.3, -0.25) is 9.48 Å². The van der Waals surface area contributed by atoms with E-state index in [0.717, 1.165) is 12.1 Å². The highest BCUT2D eigenvalue weighted by Crippen LogP contribution is 2.35. The number of halogens is 4. The van der Waals surface area contributed by atoms with Crippen molar-refractivity contribution >= 4 is 37.6 Å². The molecule has 2 aromatic carbocycles. The van der Waals surface area contributed by atoms with Crippen molar-refractivity contribution < 1.29 is 35.9 Å². The van der Waals surface area contributed by atoms with E-state index in [1.54, 1.807) is 6.92 Å². The second-order valence-corrected chi connectivity index (χ2v) is 9.50. The Morgan fingerprint density at radius 3 is 2.62 bits per heavy atom. The summed E-state index contributed by atoms with van der Waals surface area (Å²) in [5, 5.41) is 4.18. The third kappa shape index (κ3) is 5.26. The van der Waals surface area contributed by atoms with Crippen LogP contribution in [0.5, 0.6) is 0 Å². The minimum Gasteiger partial charge on any atom is -0.465 e. The van der Waals surface area contributed by atoms with Crippen molar-refractivity contribution in [2.75, 3.05) is 24.8 Å². The topological polar surface area (TPSA) is 90.7 Å². The molecule has 0 aliphatic rings. The Morgan fingerprint density at radius 2 is 1.94 bits per heavy atom. The Morgan fingerprint density at radius 1 is 1.21 bits per heavy atom. The summed E-state index contributed by atoms with van der Waals surface area (Å²) < 4.78 is 81.7. The molecule has 0 atom stereocenters. The molecule has 13 heteroatoms. The number of hydrogen-bond acceptors (Lipinski definition) is 6. The number of methoxy groups -OCH3 is 1. The average Bonchev–Trinajstić information content (AvgIpc) is 3.13. The zero-order valence-corrected chi connectivity index (χ0v) is 20.4. The van der Waals surface area contributed by atoms with E-state index in [-0.39, 0.29) is 24.4 Å². The van der Waals surface area contributed by atoms with Crippen LogP contribution in [0, 0.1) is 17.5 Å². The number of carbonyl (C=O) groups excluding carboxylic acids is 1. The summed E-state index contributed by atoms with van der Waals surface area (Å²) in [6, 6.07) is 5.79. The third-order valence-corrected chi connectivity index (χ3v) is 6.85. The molecule has 0 aliphatic heterocycles. The first-order chi connectivity index (χ1) is 16.1. The highest BCUT2D eigenvalue weighted by Gasteiger charge is 2.31. The van der Waals surface area contributed by atoms with Gasteiger partial charge in [0.05, 0.1) is 16.8 Å². The van der Waals surface area contributed by atoms with Gasteiger partial charge in [-0.2, -0.15) is 5.10 Å². The molecule has 0 bridgehead atoms. The van der Waals surface area contributed by atoms with Crippen molar-refractivity contribution in [3.8, 4) is 11.3 Å². The average molecular weight is 562 g/mol. The molecule has 0 unspecified atom stereocenters. The lowest BCUT2D eigenvalue weighted by molar-refractivity contribution is -0.144. The van der Waals surface area contributed by atoms with Crippen molar-refractivity contribution in [1.82, 2.24) is 9.78 Å². The predicted molar refractivity (Wildman–Crippen MR) is 120 cm³/mol. The summed E-state index contributed by atoms with van der Waals surface area (Å²) in [7, 11) is -3.60. The van der Waals surface area contributed by atoms with E-state index in [1.807, 2.05) is 0 Å². The van der Waals surface area contributed by atoms with Crippen LogP contribution >= 0.6 is 15.9 Å². The standard InChI is InChI=1S/C21H19BrF3N3O5S/c1-3-33-19(29)11-27-10-15(22)21(26-27)14-5-4-6-17(20(14)25)28(12-32-2)34(30,31)18-9-13(23)7-8-16(18)24/h4-10H,3,11-12H2,1-2H3. The predicted octanol–water partition coefficient (Wildman–Crippen LogP) is 4.09. The van der Waals surface area contributed by atoms with Crippen LogP contribution in [0.2, 0.25) is 0 Å². The van der Waals surface area contributed by atoms with Crippen molar-refractivity contribution in [3.63, 3.8) is 0 Å². The number of hydrogen-bond donors (Lipinski definition) is 0. The van der Waals surface area contributed by atoms with Gasteiger partial charge < -0.3 is 9.47 Å². The molecule has 182 valence electrons. The summed E-state index contributed by atoms with van der Waals surface area (Å²) >= 11 is 3.25. The van der Waals surface area contributed by atoms with Gasteiger partial charge in [0, 0.05) is 18.9 Å². The molecular formula is C21H19BrF3N3O5S. The quantitative estimate of drug-likeness (QED) is 0.288. The van der Waals surface area contributed by atoms with Crippen LogP contribution < -0.4 is 4.31 Å². The Kier molecular flexibility index (Phi) is 8.00. The van der Waals surface area contributed by atoms with Crippen LogP contribution in [0.3, 0.4) is 0 Å². The summed E-state index contributed by atoms with van der Waals surface area (Å²) in [6.45, 7) is 0.924. The summed E-state index contributed by atoms with van der Waals surface area (Å²) in [5.41, 5.74) is -0.506. The highest BCUT2D eigenvalue weighted by atomic mass is 79.9. The van der Waals surface area contributed by atoms with Gasteiger partial charge in [-0.25, -0.2) is 25.9 Å².